The fourth-order valence-corrected chi connectivity index (χ4v) is 2.16. The zero-order chi connectivity index (χ0) is 14.8. The van der Waals surface area contributed by atoms with Crippen molar-refractivity contribution in [3.8, 4) is 11.5 Å². The van der Waals surface area contributed by atoms with Gasteiger partial charge in [0.05, 0.1) is 13.2 Å². The lowest BCUT2D eigenvalue weighted by Gasteiger charge is -2.20. The van der Waals surface area contributed by atoms with Crippen LogP contribution in [0.4, 0.5) is 0 Å². The summed E-state index contributed by atoms with van der Waals surface area (Å²) in [5.41, 5.74) is 0. The van der Waals surface area contributed by atoms with Gasteiger partial charge in [-0.05, 0) is 30.2 Å². The first-order valence-electron chi connectivity index (χ1n) is 7.36. The van der Waals surface area contributed by atoms with Crippen LogP contribution < -0.4 is 14.8 Å². The number of methoxy groups -OCH3 is 1. The van der Waals surface area contributed by atoms with Crippen molar-refractivity contribution in [3.63, 3.8) is 0 Å². The van der Waals surface area contributed by atoms with Gasteiger partial charge in [-0.2, -0.15) is 0 Å². The molecular formula is C16H27NO3. The lowest BCUT2D eigenvalue weighted by molar-refractivity contribution is 0.100. The van der Waals surface area contributed by atoms with Crippen LogP contribution >= 0.6 is 0 Å². The predicted octanol–water partition coefficient (Wildman–Crippen LogP) is 2.46. The van der Waals surface area contributed by atoms with Crippen molar-refractivity contribution in [2.75, 3.05) is 26.8 Å². The number of aliphatic hydroxyl groups is 1. The Balaban J connectivity index is 2.15. The minimum absolute atomic E-state index is 0.272. The van der Waals surface area contributed by atoms with Crippen molar-refractivity contribution in [1.29, 1.82) is 0 Å². The van der Waals surface area contributed by atoms with Gasteiger partial charge in [-0.25, -0.2) is 0 Å². The van der Waals surface area contributed by atoms with E-state index in [1.54, 1.807) is 7.11 Å². The molecule has 20 heavy (non-hydrogen) atoms. The van der Waals surface area contributed by atoms with E-state index in [0.29, 0.717) is 19.1 Å². The molecule has 0 radical (unpaired) electrons. The first kappa shape index (κ1) is 16.8. The van der Waals surface area contributed by atoms with Gasteiger partial charge in [-0.1, -0.05) is 26.7 Å². The van der Waals surface area contributed by atoms with Crippen LogP contribution in [-0.4, -0.2) is 38.0 Å². The van der Waals surface area contributed by atoms with Gasteiger partial charge in [0.1, 0.15) is 18.1 Å². The molecule has 1 atom stereocenters. The maximum Gasteiger partial charge on any atom is 0.119 e. The number of hydrogen-bond acceptors (Lipinski definition) is 4. The Bertz CT molecular complexity index is 349. The molecule has 0 bridgehead atoms. The van der Waals surface area contributed by atoms with Crippen molar-refractivity contribution in [2.45, 2.75) is 32.8 Å². The fourth-order valence-electron chi connectivity index (χ4n) is 2.16. The van der Waals surface area contributed by atoms with E-state index in [9.17, 15) is 5.11 Å². The lowest BCUT2D eigenvalue weighted by atomic mass is 9.97. The quantitative estimate of drug-likeness (QED) is 0.647. The first-order chi connectivity index (χ1) is 9.71. The van der Waals surface area contributed by atoms with Gasteiger partial charge in [-0.3, -0.25) is 0 Å². The van der Waals surface area contributed by atoms with Crippen LogP contribution in [0.25, 0.3) is 0 Å². The standard InChI is InChI=1S/C16H27NO3/c1-4-13(5-2)16(18)12-17-10-11-20-15-8-6-14(19-3)7-9-15/h6-9,13,16-18H,4-5,10-12H2,1-3H3. The van der Waals surface area contributed by atoms with E-state index in [-0.39, 0.29) is 6.10 Å². The van der Waals surface area contributed by atoms with Gasteiger partial charge in [0.15, 0.2) is 0 Å². The van der Waals surface area contributed by atoms with E-state index in [4.69, 9.17) is 9.47 Å². The second-order valence-corrected chi connectivity index (χ2v) is 4.87. The van der Waals surface area contributed by atoms with E-state index in [0.717, 1.165) is 30.9 Å². The highest BCUT2D eigenvalue weighted by Crippen LogP contribution is 2.16. The zero-order valence-corrected chi connectivity index (χ0v) is 12.8. The van der Waals surface area contributed by atoms with Crippen LogP contribution in [0.1, 0.15) is 26.7 Å². The largest absolute Gasteiger partial charge is 0.497 e. The predicted molar refractivity (Wildman–Crippen MR) is 81.4 cm³/mol. The molecule has 0 aromatic heterocycles. The lowest BCUT2D eigenvalue weighted by Crippen LogP contribution is -2.34. The molecule has 0 fully saturated rings. The van der Waals surface area contributed by atoms with Crippen molar-refractivity contribution in [2.24, 2.45) is 5.92 Å². The summed E-state index contributed by atoms with van der Waals surface area (Å²) in [4.78, 5) is 0. The van der Waals surface area contributed by atoms with Gasteiger partial charge in [-0.15, -0.1) is 0 Å². The average Bonchev–Trinajstić information content (AvgIpc) is 2.49. The molecular weight excluding hydrogens is 254 g/mol. The smallest absolute Gasteiger partial charge is 0.119 e. The highest BCUT2D eigenvalue weighted by atomic mass is 16.5. The Kier molecular flexibility index (Phi) is 8.07. The second-order valence-electron chi connectivity index (χ2n) is 4.87. The highest BCUT2D eigenvalue weighted by molar-refractivity contribution is 5.31. The van der Waals surface area contributed by atoms with E-state index in [1.165, 1.54) is 0 Å². The molecule has 4 heteroatoms. The van der Waals surface area contributed by atoms with Gasteiger partial charge in [0, 0.05) is 13.1 Å². The maximum absolute atomic E-state index is 9.97. The van der Waals surface area contributed by atoms with E-state index < -0.39 is 0 Å². The first-order valence-corrected chi connectivity index (χ1v) is 7.36. The maximum atomic E-state index is 9.97. The molecule has 1 rings (SSSR count). The molecule has 0 spiro atoms. The molecule has 1 unspecified atom stereocenters. The van der Waals surface area contributed by atoms with Crippen molar-refractivity contribution < 1.29 is 14.6 Å². The van der Waals surface area contributed by atoms with Crippen LogP contribution in [0.5, 0.6) is 11.5 Å². The summed E-state index contributed by atoms with van der Waals surface area (Å²) in [5, 5.41) is 13.2. The highest BCUT2D eigenvalue weighted by Gasteiger charge is 2.14. The summed E-state index contributed by atoms with van der Waals surface area (Å²) in [7, 11) is 1.64. The number of ether oxygens (including phenoxy) is 2. The third-order valence-corrected chi connectivity index (χ3v) is 3.55. The van der Waals surface area contributed by atoms with Crippen LogP contribution in [0, 0.1) is 5.92 Å². The Morgan fingerprint density at radius 3 is 2.25 bits per heavy atom. The van der Waals surface area contributed by atoms with E-state index >= 15 is 0 Å². The monoisotopic (exact) mass is 281 g/mol. The SMILES string of the molecule is CCC(CC)C(O)CNCCOc1ccc(OC)cc1. The third-order valence-electron chi connectivity index (χ3n) is 3.55. The molecule has 4 nitrogen and oxygen atoms in total. The molecule has 114 valence electrons. The number of aliphatic hydroxyl groups excluding tert-OH is 1. The number of hydrogen-bond donors (Lipinski definition) is 2. The molecule has 1 aromatic rings. The Labute approximate surface area is 122 Å². The van der Waals surface area contributed by atoms with Crippen molar-refractivity contribution >= 4 is 0 Å². The molecule has 0 heterocycles. The van der Waals surface area contributed by atoms with Crippen LogP contribution in [0.2, 0.25) is 0 Å². The molecule has 0 aliphatic carbocycles. The third kappa shape index (κ3) is 5.80. The summed E-state index contributed by atoms with van der Waals surface area (Å²) in [6.45, 7) is 6.16. The van der Waals surface area contributed by atoms with Gasteiger partial charge < -0.3 is 19.9 Å². The van der Waals surface area contributed by atoms with Gasteiger partial charge in [0.2, 0.25) is 0 Å². The topological polar surface area (TPSA) is 50.7 Å². The number of nitrogens with one attached hydrogen (secondary N) is 1. The van der Waals surface area contributed by atoms with Crippen LogP contribution in [0.3, 0.4) is 0 Å². The van der Waals surface area contributed by atoms with Gasteiger partial charge >= 0.3 is 0 Å². The van der Waals surface area contributed by atoms with Crippen LogP contribution in [0.15, 0.2) is 24.3 Å². The summed E-state index contributed by atoms with van der Waals surface area (Å²) in [5.74, 6) is 2.03. The number of rotatable bonds is 10. The normalized spacial score (nSPS) is 12.4. The minimum atomic E-state index is -0.272. The molecule has 0 saturated carbocycles. The second kappa shape index (κ2) is 9.61. The molecule has 1 aromatic carbocycles. The zero-order valence-electron chi connectivity index (χ0n) is 12.8. The van der Waals surface area contributed by atoms with Crippen LogP contribution in [-0.2, 0) is 0 Å². The Morgan fingerprint density at radius 2 is 1.70 bits per heavy atom. The van der Waals surface area contributed by atoms with Crippen molar-refractivity contribution in [1.82, 2.24) is 5.32 Å². The minimum Gasteiger partial charge on any atom is -0.497 e. The Morgan fingerprint density at radius 1 is 1.10 bits per heavy atom. The summed E-state index contributed by atoms with van der Waals surface area (Å²) >= 11 is 0. The molecule has 0 amide bonds. The molecule has 0 aliphatic heterocycles. The van der Waals surface area contributed by atoms with E-state index in [1.807, 2.05) is 24.3 Å². The van der Waals surface area contributed by atoms with E-state index in [2.05, 4.69) is 19.2 Å². The number of benzene rings is 1. The summed E-state index contributed by atoms with van der Waals surface area (Å²) < 4.78 is 10.7. The average molecular weight is 281 g/mol. The summed E-state index contributed by atoms with van der Waals surface area (Å²) in [6, 6.07) is 7.52. The Hall–Kier alpha value is -1.26. The van der Waals surface area contributed by atoms with Gasteiger partial charge in [0.25, 0.3) is 0 Å². The molecule has 2 N–H and O–H groups in total. The molecule has 0 saturated heterocycles. The fraction of sp³-hybridized carbons (Fsp3) is 0.625. The summed E-state index contributed by atoms with van der Waals surface area (Å²) in [6.07, 6.45) is 1.76. The van der Waals surface area contributed by atoms with Crippen molar-refractivity contribution in [3.05, 3.63) is 24.3 Å². The molecule has 0 aliphatic rings.